The lowest BCUT2D eigenvalue weighted by Crippen LogP contribution is -2.65. The molecule has 0 aliphatic carbocycles. The van der Waals surface area contributed by atoms with E-state index in [-0.39, 0.29) is 0 Å². The molecule has 0 aromatic carbocycles. The highest BCUT2D eigenvalue weighted by Gasteiger charge is 2.40. The number of rotatable bonds is 2. The van der Waals surface area contributed by atoms with Crippen molar-refractivity contribution in [2.45, 2.75) is 24.9 Å². The van der Waals surface area contributed by atoms with Gasteiger partial charge < -0.3 is 15.5 Å². The Morgan fingerprint density at radius 2 is 1.82 bits per heavy atom. The second kappa shape index (κ2) is 4.84. The van der Waals surface area contributed by atoms with Crippen LogP contribution < -0.4 is 5.73 Å². The Kier molecular flexibility index (Phi) is 3.39. The van der Waals surface area contributed by atoms with E-state index in [9.17, 15) is 0 Å². The van der Waals surface area contributed by atoms with Crippen LogP contribution >= 0.6 is 0 Å². The van der Waals surface area contributed by atoms with E-state index in [1.165, 1.54) is 45.6 Å². The minimum Gasteiger partial charge on any atom is -0.329 e. The maximum atomic E-state index is 5.98. The van der Waals surface area contributed by atoms with Gasteiger partial charge in [0, 0.05) is 44.8 Å². The average molecular weight is 238 g/mol. The van der Waals surface area contributed by atoms with Crippen molar-refractivity contribution < 1.29 is 0 Å². The molecule has 2 bridgehead atoms. The molecule has 0 spiro atoms. The van der Waals surface area contributed by atoms with Crippen LogP contribution in [-0.2, 0) is 0 Å². The SMILES string of the molecule is CN1CCN(C2CN3CCC2CC3)C(CN)C1. The summed E-state index contributed by atoms with van der Waals surface area (Å²) in [6.45, 7) is 8.36. The number of nitrogens with zero attached hydrogens (tertiary/aromatic N) is 3. The molecule has 2 unspecified atom stereocenters. The van der Waals surface area contributed by atoms with Crippen LogP contribution in [0.25, 0.3) is 0 Å². The summed E-state index contributed by atoms with van der Waals surface area (Å²) >= 11 is 0. The number of piperidine rings is 3. The summed E-state index contributed by atoms with van der Waals surface area (Å²) < 4.78 is 0. The first-order chi connectivity index (χ1) is 8.28. The highest BCUT2D eigenvalue weighted by Crippen LogP contribution is 2.32. The third kappa shape index (κ3) is 2.24. The van der Waals surface area contributed by atoms with Gasteiger partial charge in [0.25, 0.3) is 0 Å². The van der Waals surface area contributed by atoms with Crippen molar-refractivity contribution in [3.63, 3.8) is 0 Å². The molecule has 4 aliphatic heterocycles. The first kappa shape index (κ1) is 11.9. The summed E-state index contributed by atoms with van der Waals surface area (Å²) in [6, 6.07) is 1.37. The second-order valence-electron chi connectivity index (χ2n) is 6.09. The Morgan fingerprint density at radius 3 is 2.41 bits per heavy atom. The smallest absolute Gasteiger partial charge is 0.0349 e. The Balaban J connectivity index is 1.70. The van der Waals surface area contributed by atoms with E-state index in [0.717, 1.165) is 25.0 Å². The van der Waals surface area contributed by atoms with Crippen LogP contribution in [0.5, 0.6) is 0 Å². The summed E-state index contributed by atoms with van der Waals surface area (Å²) in [5.74, 6) is 0.942. The molecule has 98 valence electrons. The monoisotopic (exact) mass is 238 g/mol. The van der Waals surface area contributed by atoms with Crippen molar-refractivity contribution in [1.82, 2.24) is 14.7 Å². The van der Waals surface area contributed by atoms with Crippen LogP contribution in [0.2, 0.25) is 0 Å². The summed E-state index contributed by atoms with van der Waals surface area (Å²) in [6.07, 6.45) is 2.82. The number of likely N-dealkylation sites (N-methyl/N-ethyl adjacent to an activating group) is 1. The van der Waals surface area contributed by atoms with Gasteiger partial charge in [-0.05, 0) is 38.9 Å². The van der Waals surface area contributed by atoms with Gasteiger partial charge in [0.15, 0.2) is 0 Å². The lowest BCUT2D eigenvalue weighted by molar-refractivity contribution is -0.0367. The highest BCUT2D eigenvalue weighted by atomic mass is 15.3. The van der Waals surface area contributed by atoms with Crippen LogP contribution in [-0.4, -0.2) is 79.6 Å². The number of hydrogen-bond donors (Lipinski definition) is 1. The molecule has 4 heterocycles. The maximum Gasteiger partial charge on any atom is 0.0349 e. The number of piperazine rings is 1. The quantitative estimate of drug-likeness (QED) is 0.714. The molecule has 2 atom stereocenters. The fraction of sp³-hybridized carbons (Fsp3) is 1.00. The molecule has 0 aromatic heterocycles. The summed E-state index contributed by atoms with van der Waals surface area (Å²) in [5, 5.41) is 0. The first-order valence-corrected chi connectivity index (χ1v) is 7.14. The lowest BCUT2D eigenvalue weighted by Gasteiger charge is -2.53. The predicted octanol–water partition coefficient (Wildman–Crippen LogP) is -0.345. The van der Waals surface area contributed by atoms with Gasteiger partial charge in [0.05, 0.1) is 0 Å². The molecular formula is C13H26N4. The fourth-order valence-corrected chi connectivity index (χ4v) is 3.98. The third-order valence-electron chi connectivity index (χ3n) is 5.05. The summed E-state index contributed by atoms with van der Waals surface area (Å²) in [4.78, 5) is 7.81. The minimum atomic E-state index is 0.583. The van der Waals surface area contributed by atoms with E-state index in [4.69, 9.17) is 5.73 Å². The third-order valence-corrected chi connectivity index (χ3v) is 5.05. The summed E-state index contributed by atoms with van der Waals surface area (Å²) in [7, 11) is 2.22. The minimum absolute atomic E-state index is 0.583. The number of nitrogens with two attached hydrogens (primary N) is 1. The summed E-state index contributed by atoms with van der Waals surface area (Å²) in [5.41, 5.74) is 5.98. The molecule has 4 heteroatoms. The zero-order chi connectivity index (χ0) is 11.8. The molecule has 4 saturated heterocycles. The van der Waals surface area contributed by atoms with Crippen LogP contribution in [0.4, 0.5) is 0 Å². The molecule has 4 aliphatic rings. The predicted molar refractivity (Wildman–Crippen MR) is 70.0 cm³/mol. The van der Waals surface area contributed by atoms with Gasteiger partial charge in [-0.25, -0.2) is 0 Å². The second-order valence-corrected chi connectivity index (χ2v) is 6.09. The van der Waals surface area contributed by atoms with E-state index in [1.807, 2.05) is 0 Å². The molecule has 0 aromatic rings. The van der Waals surface area contributed by atoms with Gasteiger partial charge in [-0.2, -0.15) is 0 Å². The average Bonchev–Trinajstić information content (AvgIpc) is 2.39. The number of fused-ring (bicyclic) bond motifs is 3. The van der Waals surface area contributed by atoms with E-state index in [1.54, 1.807) is 0 Å². The molecule has 0 amide bonds. The Bertz CT molecular complexity index is 262. The molecular weight excluding hydrogens is 212 g/mol. The van der Waals surface area contributed by atoms with Gasteiger partial charge in [0.2, 0.25) is 0 Å². The van der Waals surface area contributed by atoms with Crippen molar-refractivity contribution in [2.24, 2.45) is 11.7 Å². The molecule has 0 saturated carbocycles. The van der Waals surface area contributed by atoms with Gasteiger partial charge in [-0.3, -0.25) is 4.90 Å². The maximum absolute atomic E-state index is 5.98. The van der Waals surface area contributed by atoms with E-state index in [0.29, 0.717) is 6.04 Å². The van der Waals surface area contributed by atoms with Crippen molar-refractivity contribution in [2.75, 3.05) is 52.9 Å². The van der Waals surface area contributed by atoms with Crippen LogP contribution in [0.1, 0.15) is 12.8 Å². The van der Waals surface area contributed by atoms with E-state index < -0.39 is 0 Å². The van der Waals surface area contributed by atoms with Crippen molar-refractivity contribution in [3.05, 3.63) is 0 Å². The van der Waals surface area contributed by atoms with Crippen LogP contribution in [0.3, 0.4) is 0 Å². The van der Waals surface area contributed by atoms with Gasteiger partial charge in [0.1, 0.15) is 0 Å². The zero-order valence-corrected chi connectivity index (χ0v) is 11.0. The highest BCUT2D eigenvalue weighted by molar-refractivity contribution is 4.96. The Hall–Kier alpha value is -0.160. The van der Waals surface area contributed by atoms with Crippen LogP contribution in [0.15, 0.2) is 0 Å². The number of hydrogen-bond acceptors (Lipinski definition) is 4. The zero-order valence-electron chi connectivity index (χ0n) is 11.0. The van der Waals surface area contributed by atoms with Crippen molar-refractivity contribution in [3.8, 4) is 0 Å². The molecule has 4 nitrogen and oxygen atoms in total. The van der Waals surface area contributed by atoms with Crippen LogP contribution in [0, 0.1) is 5.92 Å². The molecule has 17 heavy (non-hydrogen) atoms. The first-order valence-electron chi connectivity index (χ1n) is 7.14. The topological polar surface area (TPSA) is 35.7 Å². The lowest BCUT2D eigenvalue weighted by atomic mass is 9.82. The van der Waals surface area contributed by atoms with E-state index >= 15 is 0 Å². The van der Waals surface area contributed by atoms with Gasteiger partial charge in [-0.1, -0.05) is 0 Å². The van der Waals surface area contributed by atoms with Gasteiger partial charge >= 0.3 is 0 Å². The molecule has 2 N–H and O–H groups in total. The Morgan fingerprint density at radius 1 is 1.06 bits per heavy atom. The molecule has 4 rings (SSSR count). The molecule has 4 fully saturated rings. The van der Waals surface area contributed by atoms with Gasteiger partial charge in [-0.15, -0.1) is 0 Å². The largest absolute Gasteiger partial charge is 0.329 e. The van der Waals surface area contributed by atoms with E-state index in [2.05, 4.69) is 21.7 Å². The van der Waals surface area contributed by atoms with Crippen molar-refractivity contribution in [1.29, 1.82) is 0 Å². The standard InChI is InChI=1S/C13H26N4/c1-15-6-7-17(12(8-14)9-15)13-10-16-4-2-11(13)3-5-16/h11-13H,2-10,14H2,1H3. The van der Waals surface area contributed by atoms with Crippen molar-refractivity contribution >= 4 is 0 Å². The Labute approximate surface area is 105 Å². The fourth-order valence-electron chi connectivity index (χ4n) is 3.98. The normalized spacial score (nSPS) is 44.1. The molecule has 0 radical (unpaired) electrons.